The molecule has 1 amide bonds. The van der Waals surface area contributed by atoms with Crippen molar-refractivity contribution in [1.29, 1.82) is 0 Å². The van der Waals surface area contributed by atoms with Crippen LogP contribution in [0.15, 0.2) is 0 Å². The first-order valence-electron chi connectivity index (χ1n) is 5.76. The van der Waals surface area contributed by atoms with Gasteiger partial charge in [-0.2, -0.15) is 0 Å². The zero-order valence-corrected chi connectivity index (χ0v) is 9.50. The van der Waals surface area contributed by atoms with Crippen molar-refractivity contribution in [3.8, 4) is 0 Å². The van der Waals surface area contributed by atoms with Crippen LogP contribution in [0.2, 0.25) is 0 Å². The highest BCUT2D eigenvalue weighted by atomic mass is 16.5. The molecule has 1 rings (SSSR count). The predicted molar refractivity (Wildman–Crippen MR) is 59.4 cm³/mol. The van der Waals surface area contributed by atoms with Crippen LogP contribution in [0.1, 0.15) is 25.7 Å². The number of ether oxygens (including phenoxy) is 1. The lowest BCUT2D eigenvalue weighted by atomic mass is 9.97. The van der Waals surface area contributed by atoms with E-state index in [0.29, 0.717) is 24.9 Å². The van der Waals surface area contributed by atoms with Gasteiger partial charge in [-0.15, -0.1) is 0 Å². The zero-order valence-electron chi connectivity index (χ0n) is 9.50. The van der Waals surface area contributed by atoms with Gasteiger partial charge in [0.25, 0.3) is 0 Å². The van der Waals surface area contributed by atoms with Crippen LogP contribution in [0, 0.1) is 11.8 Å². The van der Waals surface area contributed by atoms with Crippen LogP contribution in [0.3, 0.4) is 0 Å². The molecule has 4 heteroatoms. The standard InChI is InChI=1S/C11H22N2O2/c1-13-11(14)5-6-15-8-10-4-2-3-9(10)7-12/h9-10H,2-8,12H2,1H3,(H,13,14). The van der Waals surface area contributed by atoms with E-state index in [1.807, 2.05) is 0 Å². The maximum absolute atomic E-state index is 10.9. The lowest BCUT2D eigenvalue weighted by molar-refractivity contribution is -0.121. The number of rotatable bonds is 6. The first-order valence-corrected chi connectivity index (χ1v) is 5.76. The summed E-state index contributed by atoms with van der Waals surface area (Å²) in [6.45, 7) is 2.05. The lowest BCUT2D eigenvalue weighted by Crippen LogP contribution is -2.24. The van der Waals surface area contributed by atoms with E-state index >= 15 is 0 Å². The Morgan fingerprint density at radius 1 is 1.47 bits per heavy atom. The molecule has 2 atom stereocenters. The van der Waals surface area contributed by atoms with Crippen LogP contribution in [0.4, 0.5) is 0 Å². The first kappa shape index (κ1) is 12.5. The van der Waals surface area contributed by atoms with Crippen molar-refractivity contribution in [1.82, 2.24) is 5.32 Å². The summed E-state index contributed by atoms with van der Waals surface area (Å²) in [6, 6.07) is 0. The maximum atomic E-state index is 10.9. The quantitative estimate of drug-likeness (QED) is 0.633. The lowest BCUT2D eigenvalue weighted by Gasteiger charge is -2.17. The van der Waals surface area contributed by atoms with Crippen molar-refractivity contribution in [2.75, 3.05) is 26.8 Å². The molecule has 0 saturated heterocycles. The summed E-state index contributed by atoms with van der Waals surface area (Å²) < 4.78 is 5.51. The van der Waals surface area contributed by atoms with E-state index in [1.54, 1.807) is 7.05 Å². The Morgan fingerprint density at radius 3 is 2.87 bits per heavy atom. The molecule has 0 aliphatic heterocycles. The molecule has 0 spiro atoms. The zero-order chi connectivity index (χ0) is 11.1. The van der Waals surface area contributed by atoms with Crippen molar-refractivity contribution in [2.24, 2.45) is 17.6 Å². The molecular weight excluding hydrogens is 192 g/mol. The molecule has 15 heavy (non-hydrogen) atoms. The highest BCUT2D eigenvalue weighted by Gasteiger charge is 2.25. The summed E-state index contributed by atoms with van der Waals surface area (Å²) in [5, 5.41) is 2.57. The largest absolute Gasteiger partial charge is 0.381 e. The van der Waals surface area contributed by atoms with E-state index in [0.717, 1.165) is 13.2 Å². The molecule has 88 valence electrons. The van der Waals surface area contributed by atoms with Gasteiger partial charge in [0.15, 0.2) is 0 Å². The Hall–Kier alpha value is -0.610. The van der Waals surface area contributed by atoms with Crippen molar-refractivity contribution in [2.45, 2.75) is 25.7 Å². The fourth-order valence-corrected chi connectivity index (χ4v) is 2.17. The van der Waals surface area contributed by atoms with E-state index in [9.17, 15) is 4.79 Å². The van der Waals surface area contributed by atoms with Gasteiger partial charge in [-0.25, -0.2) is 0 Å². The summed E-state index contributed by atoms with van der Waals surface area (Å²) in [7, 11) is 1.64. The molecule has 1 fully saturated rings. The number of nitrogens with two attached hydrogens (primary N) is 1. The van der Waals surface area contributed by atoms with Crippen molar-refractivity contribution in [3.05, 3.63) is 0 Å². The molecule has 0 radical (unpaired) electrons. The molecular formula is C11H22N2O2. The number of carbonyl (C=O) groups is 1. The Balaban J connectivity index is 2.06. The van der Waals surface area contributed by atoms with Crippen LogP contribution in [0.5, 0.6) is 0 Å². The minimum absolute atomic E-state index is 0.0387. The van der Waals surface area contributed by atoms with E-state index in [4.69, 9.17) is 10.5 Å². The summed E-state index contributed by atoms with van der Waals surface area (Å²) in [5.41, 5.74) is 5.68. The van der Waals surface area contributed by atoms with Crippen molar-refractivity contribution in [3.63, 3.8) is 0 Å². The van der Waals surface area contributed by atoms with Crippen LogP contribution in [-0.2, 0) is 9.53 Å². The van der Waals surface area contributed by atoms with E-state index < -0.39 is 0 Å². The van der Waals surface area contributed by atoms with Gasteiger partial charge >= 0.3 is 0 Å². The van der Waals surface area contributed by atoms with Gasteiger partial charge in [0.2, 0.25) is 5.91 Å². The first-order chi connectivity index (χ1) is 7.27. The van der Waals surface area contributed by atoms with Gasteiger partial charge in [-0.05, 0) is 31.2 Å². The number of nitrogens with one attached hydrogen (secondary N) is 1. The molecule has 0 heterocycles. The SMILES string of the molecule is CNC(=O)CCOCC1CCCC1CN. The second kappa shape index (κ2) is 6.80. The van der Waals surface area contributed by atoms with E-state index in [2.05, 4.69) is 5.32 Å². The summed E-state index contributed by atoms with van der Waals surface area (Å²) in [4.78, 5) is 10.9. The number of hydrogen-bond donors (Lipinski definition) is 2. The Kier molecular flexibility index (Phi) is 5.65. The molecule has 0 aromatic rings. The fourth-order valence-electron chi connectivity index (χ4n) is 2.17. The van der Waals surface area contributed by atoms with Crippen molar-refractivity contribution < 1.29 is 9.53 Å². The van der Waals surface area contributed by atoms with Gasteiger partial charge < -0.3 is 15.8 Å². The Labute approximate surface area is 91.5 Å². The summed E-state index contributed by atoms with van der Waals surface area (Å²) in [6.07, 6.45) is 4.18. The minimum atomic E-state index is 0.0387. The van der Waals surface area contributed by atoms with E-state index in [1.165, 1.54) is 19.3 Å². The second-order valence-corrected chi connectivity index (χ2v) is 4.18. The Bertz CT molecular complexity index is 197. The van der Waals surface area contributed by atoms with E-state index in [-0.39, 0.29) is 5.91 Å². The topological polar surface area (TPSA) is 64.3 Å². The molecule has 0 aromatic carbocycles. The van der Waals surface area contributed by atoms with Gasteiger partial charge in [0.1, 0.15) is 0 Å². The maximum Gasteiger partial charge on any atom is 0.222 e. The fraction of sp³-hybridized carbons (Fsp3) is 0.909. The number of amides is 1. The summed E-state index contributed by atoms with van der Waals surface area (Å²) in [5.74, 6) is 1.28. The van der Waals surface area contributed by atoms with Crippen LogP contribution in [-0.4, -0.2) is 32.7 Å². The predicted octanol–water partition coefficient (Wildman–Crippen LogP) is 0.514. The minimum Gasteiger partial charge on any atom is -0.381 e. The second-order valence-electron chi connectivity index (χ2n) is 4.18. The molecule has 0 aromatic heterocycles. The van der Waals surface area contributed by atoms with Crippen LogP contribution in [0.25, 0.3) is 0 Å². The third kappa shape index (κ3) is 4.18. The van der Waals surface area contributed by atoms with Gasteiger partial charge in [-0.3, -0.25) is 4.79 Å². The highest BCUT2D eigenvalue weighted by Crippen LogP contribution is 2.30. The molecule has 0 bridgehead atoms. The molecule has 2 unspecified atom stereocenters. The molecule has 1 aliphatic carbocycles. The normalized spacial score (nSPS) is 25.5. The Morgan fingerprint density at radius 2 is 2.20 bits per heavy atom. The molecule has 3 N–H and O–H groups in total. The number of carbonyl (C=O) groups excluding carboxylic acids is 1. The average Bonchev–Trinajstić information content (AvgIpc) is 2.71. The highest BCUT2D eigenvalue weighted by molar-refractivity contribution is 5.75. The van der Waals surface area contributed by atoms with Gasteiger partial charge in [0, 0.05) is 20.1 Å². The monoisotopic (exact) mass is 214 g/mol. The number of hydrogen-bond acceptors (Lipinski definition) is 3. The van der Waals surface area contributed by atoms with Crippen molar-refractivity contribution >= 4 is 5.91 Å². The third-order valence-electron chi connectivity index (χ3n) is 3.20. The average molecular weight is 214 g/mol. The third-order valence-corrected chi connectivity index (χ3v) is 3.20. The van der Waals surface area contributed by atoms with Crippen LogP contribution < -0.4 is 11.1 Å². The smallest absolute Gasteiger partial charge is 0.222 e. The molecule has 1 aliphatic rings. The summed E-state index contributed by atoms with van der Waals surface area (Å²) >= 11 is 0. The van der Waals surface area contributed by atoms with Crippen LogP contribution >= 0.6 is 0 Å². The molecule has 1 saturated carbocycles. The molecule has 4 nitrogen and oxygen atoms in total. The van der Waals surface area contributed by atoms with Gasteiger partial charge in [0.05, 0.1) is 6.61 Å². The van der Waals surface area contributed by atoms with Gasteiger partial charge in [-0.1, -0.05) is 6.42 Å².